The first-order valence-corrected chi connectivity index (χ1v) is 10.3. The molecule has 29 heavy (non-hydrogen) atoms. The second kappa shape index (κ2) is 9.84. The number of benzene rings is 1. The highest BCUT2D eigenvalue weighted by molar-refractivity contribution is 7.12. The standard InChI is InChI=1S/C22H24N4O2S/c1-3-13-25(14-4-2)21(27)16-26-18-9-6-5-8-17(18)24-20(26)11-12-23-22(28)19-10-7-15-29-19/h3-10,15H,1-2,11-14,16H2,(H,23,28). The first kappa shape index (κ1) is 20.5. The molecule has 0 saturated carbocycles. The van der Waals surface area contributed by atoms with Crippen LogP contribution in [0.15, 0.2) is 67.1 Å². The van der Waals surface area contributed by atoms with E-state index in [1.165, 1.54) is 11.3 Å². The van der Waals surface area contributed by atoms with Gasteiger partial charge >= 0.3 is 0 Å². The van der Waals surface area contributed by atoms with Crippen LogP contribution in [0, 0.1) is 0 Å². The summed E-state index contributed by atoms with van der Waals surface area (Å²) in [6.07, 6.45) is 3.94. The first-order valence-electron chi connectivity index (χ1n) is 9.39. The molecule has 0 atom stereocenters. The predicted molar refractivity (Wildman–Crippen MR) is 117 cm³/mol. The van der Waals surface area contributed by atoms with E-state index in [4.69, 9.17) is 0 Å². The van der Waals surface area contributed by atoms with E-state index in [0.717, 1.165) is 16.9 Å². The SMILES string of the molecule is C=CCN(CC=C)C(=O)Cn1c(CCNC(=O)c2cccs2)nc2ccccc21. The van der Waals surface area contributed by atoms with Crippen LogP contribution in [-0.2, 0) is 17.8 Å². The minimum atomic E-state index is -0.0955. The minimum absolute atomic E-state index is 0.0307. The van der Waals surface area contributed by atoms with E-state index >= 15 is 0 Å². The van der Waals surface area contributed by atoms with Crippen LogP contribution in [0.4, 0.5) is 0 Å². The fourth-order valence-corrected chi connectivity index (χ4v) is 3.74. The third-order valence-electron chi connectivity index (χ3n) is 4.46. The molecule has 6 nitrogen and oxygen atoms in total. The zero-order valence-electron chi connectivity index (χ0n) is 16.2. The Bertz CT molecular complexity index is 997. The average Bonchev–Trinajstić information content (AvgIpc) is 3.37. The Hall–Kier alpha value is -3.19. The van der Waals surface area contributed by atoms with Crippen molar-refractivity contribution in [1.82, 2.24) is 19.8 Å². The Labute approximate surface area is 174 Å². The number of hydrogen-bond acceptors (Lipinski definition) is 4. The molecule has 0 radical (unpaired) electrons. The van der Waals surface area contributed by atoms with Gasteiger partial charge in [0.05, 0.1) is 15.9 Å². The van der Waals surface area contributed by atoms with E-state index < -0.39 is 0 Å². The number of aromatic nitrogens is 2. The predicted octanol–water partition coefficient (Wildman–Crippen LogP) is 3.27. The molecule has 3 rings (SSSR count). The van der Waals surface area contributed by atoms with Crippen molar-refractivity contribution in [1.29, 1.82) is 0 Å². The van der Waals surface area contributed by atoms with Crippen LogP contribution >= 0.6 is 11.3 Å². The summed E-state index contributed by atoms with van der Waals surface area (Å²) < 4.78 is 1.92. The lowest BCUT2D eigenvalue weighted by atomic mass is 10.3. The van der Waals surface area contributed by atoms with Gasteiger partial charge in [0.2, 0.25) is 5.91 Å². The maximum absolute atomic E-state index is 12.8. The molecule has 3 aromatic rings. The van der Waals surface area contributed by atoms with Crippen LogP contribution in [0.25, 0.3) is 11.0 Å². The van der Waals surface area contributed by atoms with Crippen molar-refractivity contribution in [3.05, 3.63) is 77.8 Å². The number of thiophene rings is 1. The number of rotatable bonds is 10. The van der Waals surface area contributed by atoms with Crippen molar-refractivity contribution in [2.45, 2.75) is 13.0 Å². The molecule has 1 aromatic carbocycles. The second-order valence-electron chi connectivity index (χ2n) is 6.46. The maximum atomic E-state index is 12.8. The van der Waals surface area contributed by atoms with Crippen molar-refractivity contribution in [2.75, 3.05) is 19.6 Å². The van der Waals surface area contributed by atoms with Gasteiger partial charge in [0.1, 0.15) is 12.4 Å². The fourth-order valence-electron chi connectivity index (χ4n) is 3.10. The van der Waals surface area contributed by atoms with Gasteiger partial charge in [0.15, 0.2) is 0 Å². The lowest BCUT2D eigenvalue weighted by molar-refractivity contribution is -0.130. The summed E-state index contributed by atoms with van der Waals surface area (Å²) in [6, 6.07) is 11.4. The molecule has 0 spiro atoms. The van der Waals surface area contributed by atoms with E-state index in [9.17, 15) is 9.59 Å². The monoisotopic (exact) mass is 408 g/mol. The summed E-state index contributed by atoms with van der Waals surface area (Å²) in [5, 5.41) is 4.79. The van der Waals surface area contributed by atoms with Crippen LogP contribution in [-0.4, -0.2) is 45.9 Å². The molecular formula is C22H24N4O2S. The molecule has 0 bridgehead atoms. The molecule has 150 valence electrons. The Morgan fingerprint density at radius 1 is 1.14 bits per heavy atom. The number of carbonyl (C=O) groups is 2. The molecule has 2 aromatic heterocycles. The van der Waals surface area contributed by atoms with Crippen LogP contribution in [0.3, 0.4) is 0 Å². The van der Waals surface area contributed by atoms with Crippen LogP contribution in [0.2, 0.25) is 0 Å². The third-order valence-corrected chi connectivity index (χ3v) is 5.33. The smallest absolute Gasteiger partial charge is 0.261 e. The summed E-state index contributed by atoms with van der Waals surface area (Å²) in [6.45, 7) is 8.98. The summed E-state index contributed by atoms with van der Waals surface area (Å²) in [5.74, 6) is 0.641. The lowest BCUT2D eigenvalue weighted by Crippen LogP contribution is -2.34. The third kappa shape index (κ3) is 5.00. The molecule has 7 heteroatoms. The highest BCUT2D eigenvalue weighted by Gasteiger charge is 2.17. The van der Waals surface area contributed by atoms with Crippen LogP contribution in [0.5, 0.6) is 0 Å². The van der Waals surface area contributed by atoms with Gasteiger partial charge < -0.3 is 14.8 Å². The van der Waals surface area contributed by atoms with Crippen molar-refractivity contribution >= 4 is 34.2 Å². The van der Waals surface area contributed by atoms with Gasteiger partial charge in [-0.1, -0.05) is 30.4 Å². The lowest BCUT2D eigenvalue weighted by Gasteiger charge is -2.20. The molecule has 2 heterocycles. The molecule has 0 unspecified atom stereocenters. The van der Waals surface area contributed by atoms with Gasteiger partial charge in [-0.05, 0) is 23.6 Å². The van der Waals surface area contributed by atoms with Crippen molar-refractivity contribution in [2.24, 2.45) is 0 Å². The van der Waals surface area contributed by atoms with Gasteiger partial charge in [-0.3, -0.25) is 9.59 Å². The van der Waals surface area contributed by atoms with Gasteiger partial charge in [0, 0.05) is 26.1 Å². The number of para-hydroxylation sites is 2. The number of hydrogen-bond donors (Lipinski definition) is 1. The quantitative estimate of drug-likeness (QED) is 0.524. The number of imidazole rings is 1. The van der Waals surface area contributed by atoms with Gasteiger partial charge in [0.25, 0.3) is 5.91 Å². The molecule has 0 aliphatic heterocycles. The van der Waals surface area contributed by atoms with Crippen molar-refractivity contribution in [3.8, 4) is 0 Å². The number of nitrogens with zero attached hydrogens (tertiary/aromatic N) is 3. The molecule has 1 N–H and O–H groups in total. The van der Waals surface area contributed by atoms with E-state index in [0.29, 0.717) is 30.9 Å². The Morgan fingerprint density at radius 3 is 2.59 bits per heavy atom. The number of fused-ring (bicyclic) bond motifs is 1. The van der Waals surface area contributed by atoms with E-state index in [2.05, 4.69) is 23.5 Å². The molecule has 0 fully saturated rings. The van der Waals surface area contributed by atoms with Crippen LogP contribution < -0.4 is 5.32 Å². The molecule has 0 aliphatic rings. The minimum Gasteiger partial charge on any atom is -0.351 e. The van der Waals surface area contributed by atoms with Gasteiger partial charge in [-0.2, -0.15) is 0 Å². The topological polar surface area (TPSA) is 67.2 Å². The zero-order valence-corrected chi connectivity index (χ0v) is 17.0. The second-order valence-corrected chi connectivity index (χ2v) is 7.41. The zero-order chi connectivity index (χ0) is 20.6. The highest BCUT2D eigenvalue weighted by Crippen LogP contribution is 2.17. The first-order chi connectivity index (χ1) is 14.1. The summed E-state index contributed by atoms with van der Waals surface area (Å²) in [4.78, 5) is 32.0. The van der Waals surface area contributed by atoms with E-state index in [1.54, 1.807) is 23.1 Å². The van der Waals surface area contributed by atoms with Crippen LogP contribution in [0.1, 0.15) is 15.5 Å². The van der Waals surface area contributed by atoms with Gasteiger partial charge in [-0.15, -0.1) is 24.5 Å². The number of carbonyl (C=O) groups excluding carboxylic acids is 2. The average molecular weight is 409 g/mol. The van der Waals surface area contributed by atoms with Crippen molar-refractivity contribution < 1.29 is 9.59 Å². The summed E-state index contributed by atoms with van der Waals surface area (Å²) in [7, 11) is 0. The number of amides is 2. The normalized spacial score (nSPS) is 10.6. The number of nitrogens with one attached hydrogen (secondary N) is 1. The van der Waals surface area contributed by atoms with Gasteiger partial charge in [-0.25, -0.2) is 4.98 Å². The maximum Gasteiger partial charge on any atom is 0.261 e. The molecule has 2 amide bonds. The highest BCUT2D eigenvalue weighted by atomic mass is 32.1. The molecule has 0 aliphatic carbocycles. The fraction of sp³-hybridized carbons (Fsp3) is 0.227. The molecular weight excluding hydrogens is 384 g/mol. The Morgan fingerprint density at radius 2 is 1.90 bits per heavy atom. The van der Waals surface area contributed by atoms with E-state index in [-0.39, 0.29) is 18.4 Å². The van der Waals surface area contributed by atoms with E-state index in [1.807, 2.05) is 40.3 Å². The molecule has 0 saturated heterocycles. The largest absolute Gasteiger partial charge is 0.351 e. The Balaban J connectivity index is 1.76. The summed E-state index contributed by atoms with van der Waals surface area (Å²) >= 11 is 1.41. The van der Waals surface area contributed by atoms with Crippen molar-refractivity contribution in [3.63, 3.8) is 0 Å². The summed E-state index contributed by atoms with van der Waals surface area (Å²) in [5.41, 5.74) is 1.73. The Kier molecular flexibility index (Phi) is 6.97.